The fourth-order valence-corrected chi connectivity index (χ4v) is 4.50. The summed E-state index contributed by atoms with van der Waals surface area (Å²) in [6.45, 7) is 0.401. The molecule has 2 aromatic carbocycles. The Morgan fingerprint density at radius 1 is 1.00 bits per heavy atom. The molecule has 2 heterocycles. The second-order valence-corrected chi connectivity index (χ2v) is 8.17. The monoisotopic (exact) mass is 443 g/mol. The standard InChI is InChI=1S/C26H25N3O4/c30-23(25(31)22-15-28-24-11-5-6-14-29(22)24)12-13-27-26(32)33-16-21-19-9-3-1-7-17(19)18-8-2-4-10-20(18)21/h1-11,14-15,21,23,25,30-31H,12-13,16H2,(H,27,32). The summed E-state index contributed by atoms with van der Waals surface area (Å²) in [4.78, 5) is 16.5. The molecule has 0 bridgehead atoms. The van der Waals surface area contributed by atoms with Crippen LogP contribution in [-0.4, -0.2) is 44.9 Å². The fourth-order valence-electron chi connectivity index (χ4n) is 4.50. The molecule has 0 fully saturated rings. The first-order chi connectivity index (χ1) is 16.1. The molecular weight excluding hydrogens is 418 g/mol. The summed E-state index contributed by atoms with van der Waals surface area (Å²) in [7, 11) is 0. The maximum atomic E-state index is 12.3. The van der Waals surface area contributed by atoms with Crippen molar-refractivity contribution in [1.82, 2.24) is 14.7 Å². The second-order valence-electron chi connectivity index (χ2n) is 8.17. The number of benzene rings is 2. The smallest absolute Gasteiger partial charge is 0.407 e. The first-order valence-corrected chi connectivity index (χ1v) is 11.0. The number of alkyl carbamates (subject to hydrolysis) is 1. The van der Waals surface area contributed by atoms with Gasteiger partial charge in [0.15, 0.2) is 0 Å². The van der Waals surface area contributed by atoms with Gasteiger partial charge in [-0.05, 0) is 40.8 Å². The molecule has 1 aliphatic rings. The van der Waals surface area contributed by atoms with E-state index in [0.717, 1.165) is 11.1 Å². The molecule has 2 aromatic heterocycles. The quantitative estimate of drug-likeness (QED) is 0.405. The van der Waals surface area contributed by atoms with Gasteiger partial charge in [0, 0.05) is 18.7 Å². The van der Waals surface area contributed by atoms with Crippen molar-refractivity contribution in [2.75, 3.05) is 13.2 Å². The number of rotatable bonds is 7. The SMILES string of the molecule is O=C(NCCC(O)C(O)c1cnc2ccccn12)OCC1c2ccccc2-c2ccccc21. The zero-order valence-electron chi connectivity index (χ0n) is 18.0. The van der Waals surface area contributed by atoms with E-state index in [1.165, 1.54) is 11.1 Å². The average Bonchev–Trinajstić information content (AvgIpc) is 3.42. The largest absolute Gasteiger partial charge is 0.449 e. The van der Waals surface area contributed by atoms with Crippen molar-refractivity contribution < 1.29 is 19.7 Å². The number of carbonyl (C=O) groups excluding carboxylic acids is 1. The van der Waals surface area contributed by atoms with Gasteiger partial charge in [0.2, 0.25) is 0 Å². The molecule has 2 unspecified atom stereocenters. The maximum absolute atomic E-state index is 12.3. The minimum absolute atomic E-state index is 0.00860. The summed E-state index contributed by atoms with van der Waals surface area (Å²) in [6, 6.07) is 21.8. The van der Waals surface area contributed by atoms with Crippen molar-refractivity contribution >= 4 is 11.7 Å². The van der Waals surface area contributed by atoms with E-state index < -0.39 is 18.3 Å². The van der Waals surface area contributed by atoms with E-state index in [0.29, 0.717) is 11.3 Å². The molecule has 3 N–H and O–H groups in total. The van der Waals surface area contributed by atoms with Gasteiger partial charge < -0.3 is 24.7 Å². The van der Waals surface area contributed by atoms with Crippen LogP contribution in [-0.2, 0) is 4.74 Å². The third-order valence-electron chi connectivity index (χ3n) is 6.17. The Hall–Kier alpha value is -3.68. The third kappa shape index (κ3) is 4.08. The minimum Gasteiger partial charge on any atom is -0.449 e. The third-order valence-corrected chi connectivity index (χ3v) is 6.17. The van der Waals surface area contributed by atoms with E-state index in [9.17, 15) is 15.0 Å². The van der Waals surface area contributed by atoms with Crippen LogP contribution >= 0.6 is 0 Å². The number of ether oxygens (including phenoxy) is 1. The molecule has 0 saturated heterocycles. The van der Waals surface area contributed by atoms with Crippen molar-refractivity contribution in [3.05, 3.63) is 95.9 Å². The van der Waals surface area contributed by atoms with Crippen molar-refractivity contribution in [3.8, 4) is 11.1 Å². The molecule has 4 aromatic rings. The van der Waals surface area contributed by atoms with Crippen LogP contribution in [0.15, 0.2) is 79.1 Å². The number of nitrogens with zero attached hydrogens (tertiary/aromatic N) is 2. The lowest BCUT2D eigenvalue weighted by Crippen LogP contribution is -2.31. The highest BCUT2D eigenvalue weighted by atomic mass is 16.5. The van der Waals surface area contributed by atoms with E-state index in [2.05, 4.69) is 34.6 Å². The van der Waals surface area contributed by atoms with Gasteiger partial charge in [-0.3, -0.25) is 0 Å². The molecule has 0 spiro atoms. The van der Waals surface area contributed by atoms with Crippen LogP contribution in [0.25, 0.3) is 16.8 Å². The van der Waals surface area contributed by atoms with Gasteiger partial charge in [0.05, 0.1) is 18.0 Å². The Labute approximate surface area is 191 Å². The highest BCUT2D eigenvalue weighted by Gasteiger charge is 2.29. The van der Waals surface area contributed by atoms with Crippen LogP contribution in [0.5, 0.6) is 0 Å². The topological polar surface area (TPSA) is 96.1 Å². The number of nitrogens with one attached hydrogen (secondary N) is 1. The van der Waals surface area contributed by atoms with Gasteiger partial charge in [0.1, 0.15) is 18.4 Å². The molecule has 0 radical (unpaired) electrons. The molecule has 0 aliphatic heterocycles. The number of fused-ring (bicyclic) bond motifs is 4. The van der Waals surface area contributed by atoms with Crippen LogP contribution in [0.1, 0.15) is 35.3 Å². The normalized spacial score (nSPS) is 14.5. The van der Waals surface area contributed by atoms with Crippen molar-refractivity contribution in [2.45, 2.75) is 24.5 Å². The Morgan fingerprint density at radius 3 is 2.39 bits per heavy atom. The van der Waals surface area contributed by atoms with Crippen LogP contribution in [0.2, 0.25) is 0 Å². The van der Waals surface area contributed by atoms with Gasteiger partial charge in [-0.1, -0.05) is 54.6 Å². The van der Waals surface area contributed by atoms with Gasteiger partial charge in [0.25, 0.3) is 0 Å². The fraction of sp³-hybridized carbons (Fsp3) is 0.231. The highest BCUT2D eigenvalue weighted by Crippen LogP contribution is 2.44. The number of hydrogen-bond acceptors (Lipinski definition) is 5. The van der Waals surface area contributed by atoms with E-state index in [1.807, 2.05) is 42.5 Å². The minimum atomic E-state index is -1.12. The molecule has 33 heavy (non-hydrogen) atoms. The maximum Gasteiger partial charge on any atom is 0.407 e. The number of imidazole rings is 1. The lowest BCUT2D eigenvalue weighted by Gasteiger charge is -2.18. The van der Waals surface area contributed by atoms with E-state index in [4.69, 9.17) is 4.74 Å². The van der Waals surface area contributed by atoms with Crippen molar-refractivity contribution in [3.63, 3.8) is 0 Å². The molecule has 1 aliphatic carbocycles. The molecule has 5 rings (SSSR count). The lowest BCUT2D eigenvalue weighted by atomic mass is 9.98. The Balaban J connectivity index is 1.14. The van der Waals surface area contributed by atoms with E-state index >= 15 is 0 Å². The predicted molar refractivity (Wildman–Crippen MR) is 124 cm³/mol. The predicted octanol–water partition coefficient (Wildman–Crippen LogP) is 3.66. The average molecular weight is 444 g/mol. The summed E-state index contributed by atoms with van der Waals surface area (Å²) in [5, 5.41) is 23.6. The Morgan fingerprint density at radius 2 is 1.67 bits per heavy atom. The van der Waals surface area contributed by atoms with Crippen LogP contribution in [0.3, 0.4) is 0 Å². The Bertz CT molecular complexity index is 1240. The van der Waals surface area contributed by atoms with E-state index in [-0.39, 0.29) is 25.5 Å². The first-order valence-electron chi connectivity index (χ1n) is 11.0. The second kappa shape index (κ2) is 9.05. The molecule has 7 nitrogen and oxygen atoms in total. The molecule has 7 heteroatoms. The highest BCUT2D eigenvalue weighted by molar-refractivity contribution is 5.79. The summed E-state index contributed by atoms with van der Waals surface area (Å²) in [5.74, 6) is -0.00860. The summed E-state index contributed by atoms with van der Waals surface area (Å²) in [6.07, 6.45) is 0.773. The first kappa shape index (κ1) is 21.2. The van der Waals surface area contributed by atoms with Gasteiger partial charge in [-0.25, -0.2) is 9.78 Å². The molecule has 0 saturated carbocycles. The van der Waals surface area contributed by atoms with E-state index in [1.54, 1.807) is 16.8 Å². The van der Waals surface area contributed by atoms with Crippen LogP contribution < -0.4 is 5.32 Å². The summed E-state index contributed by atoms with van der Waals surface area (Å²) >= 11 is 0. The number of aliphatic hydroxyl groups is 2. The van der Waals surface area contributed by atoms with Gasteiger partial charge in [-0.15, -0.1) is 0 Å². The van der Waals surface area contributed by atoms with Gasteiger partial charge in [-0.2, -0.15) is 0 Å². The number of aliphatic hydroxyl groups excluding tert-OH is 2. The Kier molecular flexibility index (Phi) is 5.81. The zero-order valence-corrected chi connectivity index (χ0v) is 18.0. The summed E-state index contributed by atoms with van der Waals surface area (Å²) < 4.78 is 7.23. The van der Waals surface area contributed by atoms with Crippen molar-refractivity contribution in [2.24, 2.45) is 0 Å². The number of amides is 1. The van der Waals surface area contributed by atoms with Crippen molar-refractivity contribution in [1.29, 1.82) is 0 Å². The number of hydrogen-bond donors (Lipinski definition) is 3. The molecule has 2 atom stereocenters. The molecular formula is C26H25N3O4. The molecule has 168 valence electrons. The number of pyridine rings is 1. The number of carbonyl (C=O) groups is 1. The lowest BCUT2D eigenvalue weighted by molar-refractivity contribution is 0.0107. The number of aromatic nitrogens is 2. The zero-order chi connectivity index (χ0) is 22.8. The van der Waals surface area contributed by atoms with Crippen LogP contribution in [0, 0.1) is 0 Å². The molecule has 1 amide bonds. The van der Waals surface area contributed by atoms with Gasteiger partial charge >= 0.3 is 6.09 Å². The summed E-state index contributed by atoms with van der Waals surface area (Å²) in [5.41, 5.74) is 5.84. The van der Waals surface area contributed by atoms with Crippen LogP contribution in [0.4, 0.5) is 4.79 Å².